The van der Waals surface area contributed by atoms with Crippen LogP contribution < -0.4 is 4.90 Å². The molecule has 0 saturated carbocycles. The summed E-state index contributed by atoms with van der Waals surface area (Å²) in [6, 6.07) is 19.0. The van der Waals surface area contributed by atoms with Crippen LogP contribution in [0.2, 0.25) is 0 Å². The number of hydrogen-bond acceptors (Lipinski definition) is 4. The monoisotopic (exact) mass is 320 g/mol. The van der Waals surface area contributed by atoms with E-state index in [-0.39, 0.29) is 24.2 Å². The topological polar surface area (TPSA) is 65.9 Å². The number of methoxy groups -OCH3 is 1. The number of carbonyl (C=O) groups excluding carboxylic acids is 1. The first-order valence-electron chi connectivity index (χ1n) is 7.81. The normalized spacial score (nSPS) is 28.2. The van der Waals surface area contributed by atoms with Gasteiger partial charge in [0.1, 0.15) is 24.3 Å². The highest BCUT2D eigenvalue weighted by Crippen LogP contribution is 2.48. The number of nitrogens with zero attached hydrogens (tertiary/aromatic N) is 2. The van der Waals surface area contributed by atoms with Crippen LogP contribution in [0.3, 0.4) is 0 Å². The Morgan fingerprint density at radius 1 is 1.12 bits per heavy atom. The smallest absolute Gasteiger partial charge is 0.258 e. The second-order valence-corrected chi connectivity index (χ2v) is 5.92. The highest BCUT2D eigenvalue weighted by atomic mass is 16.6. The van der Waals surface area contributed by atoms with Crippen molar-refractivity contribution in [3.8, 4) is 6.07 Å². The fourth-order valence-corrected chi connectivity index (χ4v) is 3.39. The van der Waals surface area contributed by atoms with Crippen LogP contribution in [0.1, 0.15) is 17.2 Å². The van der Waals surface area contributed by atoms with Gasteiger partial charge in [-0.05, 0) is 17.7 Å². The Labute approximate surface area is 140 Å². The maximum absolute atomic E-state index is 12.5. The zero-order chi connectivity index (χ0) is 16.7. The SMILES string of the molecule is CO[C@@H]1C(=O)N(c2ccccc2C#N)[C@@H]1[C@H]1O[C@H]1c1ccccc1. The molecule has 2 heterocycles. The number of ether oxygens (including phenoxy) is 2. The number of amides is 1. The molecular weight excluding hydrogens is 304 g/mol. The zero-order valence-electron chi connectivity index (χ0n) is 13.1. The quantitative estimate of drug-likeness (QED) is 0.641. The lowest BCUT2D eigenvalue weighted by molar-refractivity contribution is -0.140. The van der Waals surface area contributed by atoms with Gasteiger partial charge in [-0.15, -0.1) is 0 Å². The summed E-state index contributed by atoms with van der Waals surface area (Å²) >= 11 is 0. The molecule has 24 heavy (non-hydrogen) atoms. The Hall–Kier alpha value is -2.68. The number of epoxide rings is 1. The second-order valence-electron chi connectivity index (χ2n) is 5.92. The molecule has 0 spiro atoms. The molecule has 0 aliphatic carbocycles. The molecule has 120 valence electrons. The first-order valence-corrected chi connectivity index (χ1v) is 7.81. The molecule has 2 aromatic carbocycles. The van der Waals surface area contributed by atoms with E-state index in [9.17, 15) is 10.1 Å². The summed E-state index contributed by atoms with van der Waals surface area (Å²) in [4.78, 5) is 14.1. The van der Waals surface area contributed by atoms with Crippen molar-refractivity contribution in [3.63, 3.8) is 0 Å². The van der Waals surface area contributed by atoms with Crippen LogP contribution >= 0.6 is 0 Å². The van der Waals surface area contributed by atoms with Crippen LogP contribution in [-0.4, -0.2) is 31.3 Å². The number of para-hydroxylation sites is 1. The van der Waals surface area contributed by atoms with Gasteiger partial charge < -0.3 is 9.47 Å². The maximum atomic E-state index is 12.5. The summed E-state index contributed by atoms with van der Waals surface area (Å²) in [5, 5.41) is 9.32. The molecule has 2 aliphatic rings. The Morgan fingerprint density at radius 3 is 2.54 bits per heavy atom. The van der Waals surface area contributed by atoms with Crippen molar-refractivity contribution in [1.82, 2.24) is 0 Å². The summed E-state index contributed by atoms with van der Waals surface area (Å²) in [7, 11) is 1.53. The minimum Gasteiger partial charge on any atom is -0.369 e. The fourth-order valence-electron chi connectivity index (χ4n) is 3.39. The molecule has 5 heteroatoms. The van der Waals surface area contributed by atoms with Crippen molar-refractivity contribution < 1.29 is 14.3 Å². The van der Waals surface area contributed by atoms with Gasteiger partial charge in [0.25, 0.3) is 5.91 Å². The Bertz CT molecular complexity index is 815. The summed E-state index contributed by atoms with van der Waals surface area (Å²) in [5.41, 5.74) is 2.18. The lowest BCUT2D eigenvalue weighted by Crippen LogP contribution is -2.68. The minimum absolute atomic E-state index is 0.0429. The van der Waals surface area contributed by atoms with Crippen molar-refractivity contribution in [1.29, 1.82) is 5.26 Å². The van der Waals surface area contributed by atoms with Crippen molar-refractivity contribution in [2.24, 2.45) is 0 Å². The molecule has 2 aromatic rings. The molecule has 2 saturated heterocycles. The molecule has 0 aromatic heterocycles. The van der Waals surface area contributed by atoms with Gasteiger partial charge in [0.2, 0.25) is 0 Å². The molecule has 0 bridgehead atoms. The number of rotatable bonds is 4. The third kappa shape index (κ3) is 2.20. The largest absolute Gasteiger partial charge is 0.369 e. The summed E-state index contributed by atoms with van der Waals surface area (Å²) < 4.78 is 11.2. The lowest BCUT2D eigenvalue weighted by atomic mass is 9.90. The Balaban J connectivity index is 1.64. The van der Waals surface area contributed by atoms with Crippen molar-refractivity contribution in [2.75, 3.05) is 12.0 Å². The predicted octanol–water partition coefficient (Wildman–Crippen LogP) is 2.43. The van der Waals surface area contributed by atoms with E-state index in [4.69, 9.17) is 9.47 Å². The number of benzene rings is 2. The number of nitriles is 1. The number of hydrogen-bond donors (Lipinski definition) is 0. The van der Waals surface area contributed by atoms with E-state index >= 15 is 0 Å². The van der Waals surface area contributed by atoms with Gasteiger partial charge in [0.05, 0.1) is 11.3 Å². The first-order chi connectivity index (χ1) is 11.8. The summed E-state index contributed by atoms with van der Waals surface area (Å²) in [5.74, 6) is -0.132. The molecule has 0 unspecified atom stereocenters. The van der Waals surface area contributed by atoms with Crippen molar-refractivity contribution >= 4 is 11.6 Å². The second kappa shape index (κ2) is 5.75. The van der Waals surface area contributed by atoms with Gasteiger partial charge in [0.15, 0.2) is 6.10 Å². The van der Waals surface area contributed by atoms with E-state index < -0.39 is 6.10 Å². The standard InChI is InChI=1S/C19H16N2O3/c1-23-18-15(17-16(24-17)12-7-3-2-4-8-12)21(19(18)22)14-10-6-5-9-13(14)11-20/h2-10,15-18H,1H3/t15-,16+,17-,18+/m1/s1. The highest BCUT2D eigenvalue weighted by molar-refractivity contribution is 6.06. The molecule has 2 aliphatic heterocycles. The Kier molecular flexibility index (Phi) is 3.57. The van der Waals surface area contributed by atoms with E-state index in [0.29, 0.717) is 11.3 Å². The average molecular weight is 320 g/mol. The molecule has 1 amide bonds. The highest BCUT2D eigenvalue weighted by Gasteiger charge is 2.61. The summed E-state index contributed by atoms with van der Waals surface area (Å²) in [6.45, 7) is 0. The van der Waals surface area contributed by atoms with Crippen LogP contribution in [0.4, 0.5) is 5.69 Å². The summed E-state index contributed by atoms with van der Waals surface area (Å²) in [6.07, 6.45) is -0.698. The maximum Gasteiger partial charge on any atom is 0.258 e. The number of carbonyl (C=O) groups is 1. The zero-order valence-corrected chi connectivity index (χ0v) is 13.1. The van der Waals surface area contributed by atoms with Crippen LogP contribution in [0.25, 0.3) is 0 Å². The van der Waals surface area contributed by atoms with Crippen LogP contribution in [0.5, 0.6) is 0 Å². The fraction of sp³-hybridized carbons (Fsp3) is 0.263. The third-order valence-corrected chi connectivity index (χ3v) is 4.62. The average Bonchev–Trinajstić information content (AvgIpc) is 3.41. The first kappa shape index (κ1) is 14.9. The molecule has 5 nitrogen and oxygen atoms in total. The predicted molar refractivity (Wildman–Crippen MR) is 87.3 cm³/mol. The number of anilines is 1. The van der Waals surface area contributed by atoms with Crippen LogP contribution in [-0.2, 0) is 14.3 Å². The van der Waals surface area contributed by atoms with E-state index in [1.807, 2.05) is 36.4 Å². The van der Waals surface area contributed by atoms with Gasteiger partial charge in [0, 0.05) is 7.11 Å². The van der Waals surface area contributed by atoms with Gasteiger partial charge in [-0.3, -0.25) is 9.69 Å². The van der Waals surface area contributed by atoms with Gasteiger partial charge in [-0.1, -0.05) is 42.5 Å². The van der Waals surface area contributed by atoms with E-state index in [0.717, 1.165) is 5.56 Å². The van der Waals surface area contributed by atoms with Crippen LogP contribution in [0.15, 0.2) is 54.6 Å². The molecular formula is C19H16N2O3. The van der Waals surface area contributed by atoms with E-state index in [2.05, 4.69) is 6.07 Å². The van der Waals surface area contributed by atoms with Crippen molar-refractivity contribution in [2.45, 2.75) is 24.4 Å². The molecule has 4 rings (SSSR count). The molecule has 4 atom stereocenters. The number of β-lactam (4-membered cyclic amide) rings is 1. The Morgan fingerprint density at radius 2 is 1.83 bits per heavy atom. The van der Waals surface area contributed by atoms with E-state index in [1.54, 1.807) is 23.1 Å². The minimum atomic E-state index is -0.532. The van der Waals surface area contributed by atoms with E-state index in [1.165, 1.54) is 7.11 Å². The molecule has 0 N–H and O–H groups in total. The van der Waals surface area contributed by atoms with Gasteiger partial charge >= 0.3 is 0 Å². The van der Waals surface area contributed by atoms with Gasteiger partial charge in [-0.25, -0.2) is 0 Å². The van der Waals surface area contributed by atoms with Gasteiger partial charge in [-0.2, -0.15) is 5.26 Å². The lowest BCUT2D eigenvalue weighted by Gasteiger charge is -2.45. The molecule has 2 fully saturated rings. The van der Waals surface area contributed by atoms with Crippen molar-refractivity contribution in [3.05, 3.63) is 65.7 Å². The third-order valence-electron chi connectivity index (χ3n) is 4.62. The van der Waals surface area contributed by atoms with Crippen LogP contribution in [0, 0.1) is 11.3 Å². The molecule has 0 radical (unpaired) electrons.